The van der Waals surface area contributed by atoms with Crippen LogP contribution in [0.2, 0.25) is 0 Å². The minimum atomic E-state index is -2.81. The van der Waals surface area contributed by atoms with E-state index >= 15 is 0 Å². The highest BCUT2D eigenvalue weighted by molar-refractivity contribution is 7.91. The largest absolute Gasteiger partial charge is 0.444 e. The van der Waals surface area contributed by atoms with Gasteiger partial charge in [-0.3, -0.25) is 0 Å². The fourth-order valence-corrected chi connectivity index (χ4v) is 4.65. The number of nitrogens with zero attached hydrogens (tertiary/aromatic N) is 1. The topological polar surface area (TPSA) is 75.7 Å². The number of amides is 1. The number of nitrogens with one attached hydrogen (secondary N) is 1. The van der Waals surface area contributed by atoms with Crippen molar-refractivity contribution in [3.63, 3.8) is 0 Å². The Hall–Kier alpha value is -0.820. The summed E-state index contributed by atoms with van der Waals surface area (Å²) in [4.78, 5) is 13.9. The van der Waals surface area contributed by atoms with Gasteiger partial charge in [0.2, 0.25) is 0 Å². The molecule has 1 N–H and O–H groups in total. The molecule has 2 rings (SSSR count). The van der Waals surface area contributed by atoms with E-state index < -0.39 is 15.4 Å². The lowest BCUT2D eigenvalue weighted by atomic mass is 10.1. The number of sulfone groups is 1. The second kappa shape index (κ2) is 7.38. The van der Waals surface area contributed by atoms with E-state index in [-0.39, 0.29) is 12.1 Å². The van der Waals surface area contributed by atoms with Crippen molar-refractivity contribution in [2.45, 2.75) is 70.6 Å². The van der Waals surface area contributed by atoms with E-state index in [1.54, 1.807) is 4.90 Å². The number of rotatable bonds is 2. The van der Waals surface area contributed by atoms with Crippen molar-refractivity contribution in [3.05, 3.63) is 0 Å². The zero-order chi connectivity index (χ0) is 17.1. The fraction of sp³-hybridized carbons (Fsp3) is 0.938. The summed E-state index contributed by atoms with van der Waals surface area (Å²) in [6, 6.07) is 0.643. The highest BCUT2D eigenvalue weighted by Gasteiger charge is 2.28. The molecule has 6 nitrogen and oxygen atoms in total. The van der Waals surface area contributed by atoms with Gasteiger partial charge in [-0.15, -0.1) is 0 Å². The number of ether oxygens (including phenoxy) is 1. The summed E-state index contributed by atoms with van der Waals surface area (Å²) in [5.41, 5.74) is -0.464. The van der Waals surface area contributed by atoms with Crippen LogP contribution >= 0.6 is 0 Å². The second-order valence-electron chi connectivity index (χ2n) is 7.69. The summed E-state index contributed by atoms with van der Waals surface area (Å²) >= 11 is 0. The molecular weight excluding hydrogens is 316 g/mol. The summed E-state index contributed by atoms with van der Waals surface area (Å²) in [5.74, 6) is 0.586. The van der Waals surface area contributed by atoms with Gasteiger partial charge in [-0.05, 0) is 52.9 Å². The molecule has 1 amide bonds. The molecule has 1 atom stereocenters. The first kappa shape index (κ1) is 18.5. The Balaban J connectivity index is 1.79. The lowest BCUT2D eigenvalue weighted by Crippen LogP contribution is -2.43. The minimum Gasteiger partial charge on any atom is -0.444 e. The Kier molecular flexibility index (Phi) is 5.94. The first-order chi connectivity index (χ1) is 10.6. The molecule has 0 saturated carbocycles. The average Bonchev–Trinajstić information content (AvgIpc) is 2.65. The highest BCUT2D eigenvalue weighted by Crippen LogP contribution is 2.18. The van der Waals surface area contributed by atoms with E-state index in [0.717, 1.165) is 25.8 Å². The monoisotopic (exact) mass is 346 g/mol. The summed E-state index contributed by atoms with van der Waals surface area (Å²) in [5, 5.41) is 3.60. The Bertz CT molecular complexity index is 499. The van der Waals surface area contributed by atoms with Crippen molar-refractivity contribution in [1.29, 1.82) is 0 Å². The van der Waals surface area contributed by atoms with Gasteiger partial charge in [0.15, 0.2) is 0 Å². The van der Waals surface area contributed by atoms with Crippen molar-refractivity contribution in [2.24, 2.45) is 0 Å². The van der Waals surface area contributed by atoms with Gasteiger partial charge in [-0.2, -0.15) is 0 Å². The first-order valence-corrected chi connectivity index (χ1v) is 10.4. The van der Waals surface area contributed by atoms with E-state index in [4.69, 9.17) is 4.74 Å². The highest BCUT2D eigenvalue weighted by atomic mass is 32.2. The van der Waals surface area contributed by atoms with Crippen molar-refractivity contribution in [2.75, 3.05) is 24.6 Å². The Morgan fingerprint density at radius 1 is 1.04 bits per heavy atom. The molecule has 23 heavy (non-hydrogen) atoms. The molecule has 2 aliphatic rings. The van der Waals surface area contributed by atoms with Gasteiger partial charge in [-0.25, -0.2) is 13.2 Å². The summed E-state index contributed by atoms with van der Waals surface area (Å²) < 4.78 is 28.4. The maximum atomic E-state index is 12.2. The first-order valence-electron chi connectivity index (χ1n) is 8.59. The van der Waals surface area contributed by atoms with Crippen molar-refractivity contribution < 1.29 is 17.9 Å². The average molecular weight is 346 g/mol. The quantitative estimate of drug-likeness (QED) is 0.827. The molecule has 0 aliphatic carbocycles. The molecule has 0 radical (unpaired) electrons. The normalized spacial score (nSPS) is 26.6. The summed E-state index contributed by atoms with van der Waals surface area (Å²) in [7, 11) is -2.81. The van der Waals surface area contributed by atoms with Crippen molar-refractivity contribution in [1.82, 2.24) is 10.2 Å². The molecule has 2 aliphatic heterocycles. The molecule has 2 saturated heterocycles. The Morgan fingerprint density at radius 2 is 1.65 bits per heavy atom. The van der Waals surface area contributed by atoms with Gasteiger partial charge in [0, 0.05) is 25.2 Å². The maximum Gasteiger partial charge on any atom is 0.410 e. The van der Waals surface area contributed by atoms with Gasteiger partial charge in [-0.1, -0.05) is 0 Å². The second-order valence-corrected chi connectivity index (χ2v) is 9.99. The third-order valence-electron chi connectivity index (χ3n) is 4.41. The fourth-order valence-electron chi connectivity index (χ4n) is 3.16. The molecule has 0 bridgehead atoms. The van der Waals surface area contributed by atoms with E-state index in [2.05, 4.69) is 5.32 Å². The zero-order valence-corrected chi connectivity index (χ0v) is 15.3. The van der Waals surface area contributed by atoms with E-state index in [1.165, 1.54) is 0 Å². The molecule has 0 aromatic rings. The van der Waals surface area contributed by atoms with Crippen LogP contribution in [0.25, 0.3) is 0 Å². The van der Waals surface area contributed by atoms with Crippen LogP contribution in [0.3, 0.4) is 0 Å². The number of hydrogen-bond donors (Lipinski definition) is 1. The number of hydrogen-bond acceptors (Lipinski definition) is 5. The number of carbonyl (C=O) groups excluding carboxylic acids is 1. The molecule has 134 valence electrons. The minimum absolute atomic E-state index is 0.234. The van der Waals surface area contributed by atoms with E-state index in [1.807, 2.05) is 20.8 Å². The molecular formula is C16H30N2O4S. The molecule has 0 spiro atoms. The van der Waals surface area contributed by atoms with E-state index in [0.29, 0.717) is 36.9 Å². The number of carbonyl (C=O) groups is 1. The third-order valence-corrected chi connectivity index (χ3v) is 6.12. The SMILES string of the molecule is CC(C)(C)OC(=O)N1CCCC(NC2CCS(=O)(=O)CC2)CC1. The van der Waals surface area contributed by atoms with Crippen molar-refractivity contribution in [3.8, 4) is 0 Å². The smallest absolute Gasteiger partial charge is 0.410 e. The Morgan fingerprint density at radius 3 is 2.26 bits per heavy atom. The molecule has 2 heterocycles. The standard InChI is InChI=1S/C16H30N2O4S/c1-16(2,3)22-15(19)18-9-4-5-13(6-10-18)17-14-7-11-23(20,21)12-8-14/h13-14,17H,4-12H2,1-3H3. The van der Waals surface area contributed by atoms with Crippen LogP contribution < -0.4 is 5.32 Å². The van der Waals surface area contributed by atoms with Crippen LogP contribution in [0.15, 0.2) is 0 Å². The van der Waals surface area contributed by atoms with Crippen molar-refractivity contribution >= 4 is 15.9 Å². The number of likely N-dealkylation sites (tertiary alicyclic amines) is 1. The van der Waals surface area contributed by atoms with Crippen LogP contribution in [0.1, 0.15) is 52.9 Å². The van der Waals surface area contributed by atoms with Gasteiger partial charge in [0.25, 0.3) is 0 Å². The van der Waals surface area contributed by atoms with Gasteiger partial charge in [0.1, 0.15) is 15.4 Å². The third kappa shape index (κ3) is 6.30. The molecule has 0 aromatic carbocycles. The van der Waals surface area contributed by atoms with Crippen LogP contribution in [-0.4, -0.2) is 61.7 Å². The lowest BCUT2D eigenvalue weighted by Gasteiger charge is -2.28. The lowest BCUT2D eigenvalue weighted by molar-refractivity contribution is 0.0256. The molecule has 7 heteroatoms. The van der Waals surface area contributed by atoms with Gasteiger partial charge >= 0.3 is 6.09 Å². The van der Waals surface area contributed by atoms with Crippen LogP contribution in [0.4, 0.5) is 4.79 Å². The van der Waals surface area contributed by atoms with E-state index in [9.17, 15) is 13.2 Å². The van der Waals surface area contributed by atoms with Gasteiger partial charge < -0.3 is 15.0 Å². The van der Waals surface area contributed by atoms with Gasteiger partial charge in [0.05, 0.1) is 11.5 Å². The maximum absolute atomic E-state index is 12.2. The van der Waals surface area contributed by atoms with Crippen LogP contribution in [0.5, 0.6) is 0 Å². The Labute approximate surface area is 139 Å². The molecule has 2 fully saturated rings. The molecule has 1 unspecified atom stereocenters. The molecule has 0 aromatic heterocycles. The summed E-state index contributed by atoms with van der Waals surface area (Å²) in [6.45, 7) is 7.06. The van der Waals surface area contributed by atoms with Crippen LogP contribution in [0, 0.1) is 0 Å². The predicted octanol–water partition coefficient (Wildman–Crippen LogP) is 1.94. The predicted molar refractivity (Wildman–Crippen MR) is 90.3 cm³/mol. The van der Waals surface area contributed by atoms with Crippen LogP contribution in [-0.2, 0) is 14.6 Å². The summed E-state index contributed by atoms with van der Waals surface area (Å²) in [6.07, 6.45) is 4.03. The zero-order valence-electron chi connectivity index (χ0n) is 14.5.